The van der Waals surface area contributed by atoms with Crippen LogP contribution in [0, 0.1) is 0 Å². The molecule has 24 heavy (non-hydrogen) atoms. The highest BCUT2D eigenvalue weighted by Gasteiger charge is 2.22. The normalized spacial score (nSPS) is 19.4. The number of rotatable bonds is 7. The SMILES string of the molecule is CCC(C)Sc1nc(=O)n(CCCN2CCOCC2)c2c1CCC2. The van der Waals surface area contributed by atoms with E-state index in [-0.39, 0.29) is 5.69 Å². The third-order valence-corrected chi connectivity index (χ3v) is 6.34. The molecule has 5 nitrogen and oxygen atoms in total. The molecular weight excluding hydrogens is 322 g/mol. The number of morpholine rings is 1. The lowest BCUT2D eigenvalue weighted by Crippen LogP contribution is -2.37. The van der Waals surface area contributed by atoms with E-state index in [2.05, 4.69) is 23.7 Å². The molecular formula is C18H29N3O2S. The van der Waals surface area contributed by atoms with Crippen LogP contribution in [-0.4, -0.2) is 52.5 Å². The quantitative estimate of drug-likeness (QED) is 0.557. The molecule has 0 N–H and O–H groups in total. The maximum atomic E-state index is 12.6. The third-order valence-electron chi connectivity index (χ3n) is 5.05. The van der Waals surface area contributed by atoms with Crippen molar-refractivity contribution < 1.29 is 4.74 Å². The van der Waals surface area contributed by atoms with Crippen molar-refractivity contribution in [1.29, 1.82) is 0 Å². The molecule has 1 fully saturated rings. The van der Waals surface area contributed by atoms with E-state index in [0.29, 0.717) is 5.25 Å². The van der Waals surface area contributed by atoms with Gasteiger partial charge in [0.25, 0.3) is 0 Å². The minimum absolute atomic E-state index is 0.0524. The molecule has 3 rings (SSSR count). The summed E-state index contributed by atoms with van der Waals surface area (Å²) in [6.45, 7) is 9.91. The summed E-state index contributed by atoms with van der Waals surface area (Å²) >= 11 is 1.77. The molecule has 2 heterocycles. The Labute approximate surface area is 148 Å². The zero-order valence-corrected chi connectivity index (χ0v) is 15.7. The van der Waals surface area contributed by atoms with Crippen molar-refractivity contribution in [3.63, 3.8) is 0 Å². The van der Waals surface area contributed by atoms with Crippen LogP contribution in [0.5, 0.6) is 0 Å². The highest BCUT2D eigenvalue weighted by Crippen LogP contribution is 2.32. The van der Waals surface area contributed by atoms with Crippen molar-refractivity contribution in [2.75, 3.05) is 32.8 Å². The van der Waals surface area contributed by atoms with Gasteiger partial charge in [0, 0.05) is 42.7 Å². The summed E-state index contributed by atoms with van der Waals surface area (Å²) in [5.41, 5.74) is 2.54. The molecule has 6 heteroatoms. The summed E-state index contributed by atoms with van der Waals surface area (Å²) in [5.74, 6) is 0. The van der Waals surface area contributed by atoms with Gasteiger partial charge < -0.3 is 4.74 Å². The van der Waals surface area contributed by atoms with Crippen LogP contribution >= 0.6 is 11.8 Å². The molecule has 1 saturated heterocycles. The van der Waals surface area contributed by atoms with E-state index in [0.717, 1.165) is 76.5 Å². The Morgan fingerprint density at radius 1 is 1.25 bits per heavy atom. The molecule has 0 saturated carbocycles. The van der Waals surface area contributed by atoms with E-state index >= 15 is 0 Å². The topological polar surface area (TPSA) is 47.4 Å². The number of hydrogen-bond donors (Lipinski definition) is 0. The molecule has 0 radical (unpaired) electrons. The minimum Gasteiger partial charge on any atom is -0.379 e. The molecule has 0 aromatic carbocycles. The van der Waals surface area contributed by atoms with Crippen LogP contribution in [0.2, 0.25) is 0 Å². The van der Waals surface area contributed by atoms with E-state index in [4.69, 9.17) is 4.74 Å². The fraction of sp³-hybridized carbons (Fsp3) is 0.778. The lowest BCUT2D eigenvalue weighted by Gasteiger charge is -2.26. The maximum absolute atomic E-state index is 12.6. The standard InChI is InChI=1S/C18H29N3O2S/c1-3-14(2)24-17-15-6-4-7-16(15)21(18(22)19-17)9-5-8-20-10-12-23-13-11-20/h14H,3-13H2,1-2H3. The number of ether oxygens (including phenoxy) is 1. The summed E-state index contributed by atoms with van der Waals surface area (Å²) in [4.78, 5) is 19.4. The van der Waals surface area contributed by atoms with Crippen LogP contribution in [0.3, 0.4) is 0 Å². The fourth-order valence-electron chi connectivity index (χ4n) is 3.47. The van der Waals surface area contributed by atoms with Crippen molar-refractivity contribution in [3.8, 4) is 0 Å². The Morgan fingerprint density at radius 3 is 2.79 bits per heavy atom. The Balaban J connectivity index is 1.69. The number of nitrogens with zero attached hydrogens (tertiary/aromatic N) is 3. The Morgan fingerprint density at radius 2 is 2.04 bits per heavy atom. The first-order valence-electron chi connectivity index (χ1n) is 9.28. The number of fused-ring (bicyclic) bond motifs is 1. The molecule has 0 spiro atoms. The van der Waals surface area contributed by atoms with Gasteiger partial charge in [-0.05, 0) is 32.1 Å². The maximum Gasteiger partial charge on any atom is 0.348 e. The lowest BCUT2D eigenvalue weighted by atomic mass is 10.2. The van der Waals surface area contributed by atoms with Gasteiger partial charge in [0.15, 0.2) is 0 Å². The first-order valence-corrected chi connectivity index (χ1v) is 10.2. The molecule has 1 aliphatic carbocycles. The summed E-state index contributed by atoms with van der Waals surface area (Å²) in [6.07, 6.45) is 5.36. The zero-order chi connectivity index (χ0) is 16.9. The molecule has 1 aromatic heterocycles. The van der Waals surface area contributed by atoms with Crippen LogP contribution in [-0.2, 0) is 24.1 Å². The molecule has 1 aromatic rings. The molecule has 1 aliphatic heterocycles. The van der Waals surface area contributed by atoms with Crippen molar-refractivity contribution >= 4 is 11.8 Å². The van der Waals surface area contributed by atoms with Crippen LogP contribution in [0.4, 0.5) is 0 Å². The van der Waals surface area contributed by atoms with E-state index in [1.807, 2.05) is 4.57 Å². The predicted molar refractivity (Wildman–Crippen MR) is 98.0 cm³/mol. The van der Waals surface area contributed by atoms with E-state index in [9.17, 15) is 4.79 Å². The third kappa shape index (κ3) is 4.21. The lowest BCUT2D eigenvalue weighted by molar-refractivity contribution is 0.0368. The van der Waals surface area contributed by atoms with Crippen molar-refractivity contribution in [1.82, 2.24) is 14.5 Å². The second-order valence-electron chi connectivity index (χ2n) is 6.77. The van der Waals surface area contributed by atoms with Gasteiger partial charge in [0.2, 0.25) is 0 Å². The van der Waals surface area contributed by atoms with Crippen LogP contribution in [0.1, 0.15) is 44.4 Å². The molecule has 134 valence electrons. The van der Waals surface area contributed by atoms with Gasteiger partial charge in [-0.25, -0.2) is 4.79 Å². The van der Waals surface area contributed by atoms with E-state index in [1.54, 1.807) is 11.8 Å². The summed E-state index contributed by atoms with van der Waals surface area (Å²) in [5, 5.41) is 1.50. The summed E-state index contributed by atoms with van der Waals surface area (Å²) in [6, 6.07) is 0. The molecule has 1 atom stereocenters. The molecule has 0 amide bonds. The Hall–Kier alpha value is -0.850. The van der Waals surface area contributed by atoms with E-state index < -0.39 is 0 Å². The average molecular weight is 352 g/mol. The summed E-state index contributed by atoms with van der Waals surface area (Å²) < 4.78 is 7.34. The van der Waals surface area contributed by atoms with Gasteiger partial charge in [-0.3, -0.25) is 9.47 Å². The first kappa shape index (κ1) is 18.0. The monoisotopic (exact) mass is 351 g/mol. The Kier molecular flexibility index (Phi) is 6.36. The smallest absolute Gasteiger partial charge is 0.348 e. The van der Waals surface area contributed by atoms with Gasteiger partial charge in [0.05, 0.1) is 13.2 Å². The van der Waals surface area contributed by atoms with Crippen molar-refractivity contribution in [2.24, 2.45) is 0 Å². The van der Waals surface area contributed by atoms with Crippen LogP contribution in [0.15, 0.2) is 9.82 Å². The van der Waals surface area contributed by atoms with Gasteiger partial charge in [-0.15, -0.1) is 11.8 Å². The van der Waals surface area contributed by atoms with Crippen molar-refractivity contribution in [3.05, 3.63) is 21.7 Å². The minimum atomic E-state index is -0.0524. The van der Waals surface area contributed by atoms with Crippen LogP contribution in [0.25, 0.3) is 0 Å². The average Bonchev–Trinajstić information content (AvgIpc) is 3.08. The second kappa shape index (κ2) is 8.50. The van der Waals surface area contributed by atoms with Gasteiger partial charge >= 0.3 is 5.69 Å². The van der Waals surface area contributed by atoms with Gasteiger partial charge in [0.1, 0.15) is 5.03 Å². The highest BCUT2D eigenvalue weighted by atomic mass is 32.2. The Bertz CT molecular complexity index is 611. The van der Waals surface area contributed by atoms with E-state index in [1.165, 1.54) is 11.3 Å². The van der Waals surface area contributed by atoms with Crippen LogP contribution < -0.4 is 5.69 Å². The van der Waals surface area contributed by atoms with Gasteiger partial charge in [-0.1, -0.05) is 13.8 Å². The number of hydrogen-bond acceptors (Lipinski definition) is 5. The first-order chi connectivity index (χ1) is 11.7. The largest absolute Gasteiger partial charge is 0.379 e. The number of aromatic nitrogens is 2. The molecule has 1 unspecified atom stereocenters. The summed E-state index contributed by atoms with van der Waals surface area (Å²) in [7, 11) is 0. The molecule has 2 aliphatic rings. The highest BCUT2D eigenvalue weighted by molar-refractivity contribution is 7.99. The van der Waals surface area contributed by atoms with Gasteiger partial charge in [-0.2, -0.15) is 4.98 Å². The predicted octanol–water partition coefficient (Wildman–Crippen LogP) is 2.34. The zero-order valence-electron chi connectivity index (χ0n) is 14.9. The fourth-order valence-corrected chi connectivity index (χ4v) is 4.51. The molecule has 0 bridgehead atoms. The second-order valence-corrected chi connectivity index (χ2v) is 8.20. The number of thioether (sulfide) groups is 1. The van der Waals surface area contributed by atoms with Crippen molar-refractivity contribution in [2.45, 2.75) is 62.8 Å².